The van der Waals surface area contributed by atoms with Gasteiger partial charge >= 0.3 is 6.03 Å². The predicted molar refractivity (Wildman–Crippen MR) is 164 cm³/mol. The molecule has 1 saturated carbocycles. The molecule has 2 heterocycles. The molecule has 1 aromatic rings. The molecule has 1 aromatic heterocycles. The minimum Gasteiger partial charge on any atom is -0.363 e. The number of hydrogen-bond donors (Lipinski definition) is 4. The number of urea groups is 1. The molecule has 238 valence electrons. The van der Waals surface area contributed by atoms with Crippen LogP contribution in [-0.2, 0) is 19.2 Å². The summed E-state index contributed by atoms with van der Waals surface area (Å²) in [6.45, 7) is 13.3. The molecule has 2 aliphatic rings. The fourth-order valence-corrected chi connectivity index (χ4v) is 6.38. The van der Waals surface area contributed by atoms with Gasteiger partial charge in [-0.3, -0.25) is 24.0 Å². The van der Waals surface area contributed by atoms with E-state index in [9.17, 15) is 28.8 Å². The van der Waals surface area contributed by atoms with Crippen molar-refractivity contribution in [3.8, 4) is 0 Å². The second kappa shape index (κ2) is 14.0. The maximum absolute atomic E-state index is 14.2. The summed E-state index contributed by atoms with van der Waals surface area (Å²) in [7, 11) is 0. The van der Waals surface area contributed by atoms with Crippen LogP contribution in [0.2, 0.25) is 0 Å². The van der Waals surface area contributed by atoms with Crippen LogP contribution in [0.25, 0.3) is 0 Å². The quantitative estimate of drug-likeness (QED) is 0.196. The van der Waals surface area contributed by atoms with E-state index in [1.807, 2.05) is 48.5 Å². The number of nitrogens with two attached hydrogens (primary N) is 1. The highest BCUT2D eigenvalue weighted by Gasteiger charge is 2.48. The maximum Gasteiger partial charge on any atom is 0.316 e. The molecule has 1 saturated heterocycles. The molecule has 0 radical (unpaired) electrons. The Morgan fingerprint density at radius 2 is 1.65 bits per heavy atom. The molecule has 1 unspecified atom stereocenters. The smallest absolute Gasteiger partial charge is 0.316 e. The third-order valence-corrected chi connectivity index (χ3v) is 9.27. The number of carbonyl (C=O) groups is 6. The molecule has 11 nitrogen and oxygen atoms in total. The average molecular weight is 618 g/mol. The number of amides is 5. The van der Waals surface area contributed by atoms with Gasteiger partial charge < -0.3 is 26.6 Å². The van der Waals surface area contributed by atoms with Gasteiger partial charge in [0.25, 0.3) is 5.91 Å². The molecule has 12 heteroatoms. The Labute approximate surface area is 258 Å². The van der Waals surface area contributed by atoms with Crippen molar-refractivity contribution < 1.29 is 28.8 Å². The summed E-state index contributed by atoms with van der Waals surface area (Å²) < 4.78 is 0. The third-order valence-electron chi connectivity index (χ3n) is 8.38. The number of carbonyl (C=O) groups excluding carboxylic acids is 6. The Kier molecular flexibility index (Phi) is 11.1. The summed E-state index contributed by atoms with van der Waals surface area (Å²) in [5.74, 6) is -3.22. The van der Waals surface area contributed by atoms with Crippen molar-refractivity contribution in [1.29, 1.82) is 0 Å². The van der Waals surface area contributed by atoms with Crippen LogP contribution in [0.1, 0.15) is 83.8 Å². The lowest BCUT2D eigenvalue weighted by Crippen LogP contribution is -2.62. The van der Waals surface area contributed by atoms with E-state index in [0.29, 0.717) is 17.7 Å². The average Bonchev–Trinajstić information content (AvgIpc) is 3.37. The first kappa shape index (κ1) is 34.2. The zero-order chi connectivity index (χ0) is 32.2. The van der Waals surface area contributed by atoms with Gasteiger partial charge in [0.2, 0.25) is 17.6 Å². The maximum atomic E-state index is 14.2. The van der Waals surface area contributed by atoms with E-state index in [0.717, 1.165) is 12.8 Å². The lowest BCUT2D eigenvalue weighted by molar-refractivity contribution is -0.144. The topological polar surface area (TPSA) is 168 Å². The summed E-state index contributed by atoms with van der Waals surface area (Å²) in [6.07, 6.45) is 2.72. The summed E-state index contributed by atoms with van der Waals surface area (Å²) in [5.41, 5.74) is 4.53. The number of rotatable bonds is 13. The Bertz CT molecular complexity index is 1200. The molecule has 1 aliphatic carbocycles. The Balaban J connectivity index is 1.82. The summed E-state index contributed by atoms with van der Waals surface area (Å²) in [6, 6.07) is -0.931. The summed E-state index contributed by atoms with van der Waals surface area (Å²) >= 11 is 1.30. The van der Waals surface area contributed by atoms with Gasteiger partial charge in [0.05, 0.1) is 17.0 Å². The minimum absolute atomic E-state index is 0.0432. The Morgan fingerprint density at radius 3 is 2.14 bits per heavy atom. The van der Waals surface area contributed by atoms with Crippen LogP contribution in [0.3, 0.4) is 0 Å². The van der Waals surface area contributed by atoms with E-state index < -0.39 is 59.1 Å². The van der Waals surface area contributed by atoms with Gasteiger partial charge in [-0.1, -0.05) is 67.4 Å². The van der Waals surface area contributed by atoms with Crippen molar-refractivity contribution in [2.24, 2.45) is 34.8 Å². The third kappa shape index (κ3) is 8.64. The molecule has 3 rings (SSSR count). The Morgan fingerprint density at radius 1 is 1.00 bits per heavy atom. The molecule has 2 fully saturated rings. The molecular formula is C31H47N5O6S. The van der Waals surface area contributed by atoms with Crippen LogP contribution in [0.5, 0.6) is 0 Å². The number of hydrogen-bond acceptors (Lipinski definition) is 7. The standard InChI is InChI=1S/C31H47N5O6S/c1-16(2)19-12-13-36(23(19)28(40)33-20(15-18-10-11-18)24(37)27(32)39)29(41)26(31(5,6)7)35-30(42)34-22(17(3)4)25(38)21-9-8-14-43-21/h8-9,14,16-20,22-23,26H,10-13,15H2,1-7H3,(H2,32,39)(H,33,40)(H2,34,35,42)/t19-,20?,22+,23+,26-/m1/s1. The SMILES string of the molecule is CC(C)[C@H](NC(=O)N[C@H](C(=O)N1CC[C@H](C(C)C)[C@H]1C(=O)NC(CC1CC1)C(=O)C(N)=O)C(C)(C)C)C(=O)c1cccs1. The van der Waals surface area contributed by atoms with Gasteiger partial charge in [0.15, 0.2) is 5.78 Å². The van der Waals surface area contributed by atoms with Crippen molar-refractivity contribution in [3.05, 3.63) is 22.4 Å². The monoisotopic (exact) mass is 617 g/mol. The second-order valence-corrected chi connectivity index (χ2v) is 14.6. The molecule has 0 spiro atoms. The van der Waals surface area contributed by atoms with Crippen LogP contribution in [0.4, 0.5) is 4.79 Å². The normalized spacial score (nSPS) is 20.8. The highest BCUT2D eigenvalue weighted by Crippen LogP contribution is 2.35. The van der Waals surface area contributed by atoms with Crippen LogP contribution < -0.4 is 21.7 Å². The first-order valence-electron chi connectivity index (χ1n) is 15.1. The molecule has 5 amide bonds. The van der Waals surface area contributed by atoms with Gasteiger partial charge in [-0.2, -0.15) is 0 Å². The number of likely N-dealkylation sites (tertiary alicyclic amines) is 1. The van der Waals surface area contributed by atoms with Crippen molar-refractivity contribution in [2.75, 3.05) is 6.54 Å². The van der Waals surface area contributed by atoms with E-state index in [-0.39, 0.29) is 36.0 Å². The van der Waals surface area contributed by atoms with Crippen molar-refractivity contribution in [3.63, 3.8) is 0 Å². The minimum atomic E-state index is -1.11. The predicted octanol–water partition coefficient (Wildman–Crippen LogP) is 2.88. The highest BCUT2D eigenvalue weighted by atomic mass is 32.1. The lowest BCUT2D eigenvalue weighted by atomic mass is 9.84. The molecule has 0 bridgehead atoms. The zero-order valence-corrected chi connectivity index (χ0v) is 27.1. The van der Waals surface area contributed by atoms with Crippen LogP contribution in [0.15, 0.2) is 17.5 Å². The molecule has 43 heavy (non-hydrogen) atoms. The lowest BCUT2D eigenvalue weighted by Gasteiger charge is -2.37. The van der Waals surface area contributed by atoms with Gasteiger partial charge in [-0.05, 0) is 53.4 Å². The molecular weight excluding hydrogens is 570 g/mol. The van der Waals surface area contributed by atoms with Crippen molar-refractivity contribution in [1.82, 2.24) is 20.9 Å². The molecule has 1 aliphatic heterocycles. The molecule has 0 aromatic carbocycles. The number of nitrogens with zero attached hydrogens (tertiary/aromatic N) is 1. The van der Waals surface area contributed by atoms with E-state index >= 15 is 0 Å². The second-order valence-electron chi connectivity index (χ2n) is 13.6. The van der Waals surface area contributed by atoms with E-state index in [1.165, 1.54) is 16.2 Å². The Hall–Kier alpha value is -3.28. The number of thiophene rings is 1. The summed E-state index contributed by atoms with van der Waals surface area (Å²) in [4.78, 5) is 80.6. The van der Waals surface area contributed by atoms with Crippen molar-refractivity contribution >= 4 is 46.7 Å². The fraction of sp³-hybridized carbons (Fsp3) is 0.677. The first-order valence-corrected chi connectivity index (χ1v) is 16.0. The van der Waals surface area contributed by atoms with Crippen LogP contribution in [0, 0.1) is 29.1 Å². The van der Waals surface area contributed by atoms with Crippen LogP contribution in [-0.4, -0.2) is 70.9 Å². The fourth-order valence-electron chi connectivity index (χ4n) is 5.68. The zero-order valence-electron chi connectivity index (χ0n) is 26.3. The first-order chi connectivity index (χ1) is 20.0. The summed E-state index contributed by atoms with van der Waals surface area (Å²) in [5, 5.41) is 10.1. The van der Waals surface area contributed by atoms with Crippen LogP contribution >= 0.6 is 11.3 Å². The largest absolute Gasteiger partial charge is 0.363 e. The van der Waals surface area contributed by atoms with Gasteiger partial charge in [0, 0.05) is 6.54 Å². The van der Waals surface area contributed by atoms with Gasteiger partial charge in [0.1, 0.15) is 12.1 Å². The number of Topliss-reactive ketones (excluding diaryl/α,β-unsaturated/α-hetero) is 2. The molecule has 5 N–H and O–H groups in total. The molecule has 5 atom stereocenters. The van der Waals surface area contributed by atoms with E-state index in [4.69, 9.17) is 5.73 Å². The van der Waals surface area contributed by atoms with E-state index in [1.54, 1.807) is 17.5 Å². The number of nitrogens with one attached hydrogen (secondary N) is 3. The highest BCUT2D eigenvalue weighted by molar-refractivity contribution is 7.12. The van der Waals surface area contributed by atoms with Gasteiger partial charge in [-0.25, -0.2) is 4.79 Å². The van der Waals surface area contributed by atoms with E-state index in [2.05, 4.69) is 16.0 Å². The van der Waals surface area contributed by atoms with Gasteiger partial charge in [-0.15, -0.1) is 11.3 Å². The van der Waals surface area contributed by atoms with Crippen molar-refractivity contribution in [2.45, 2.75) is 98.3 Å². The number of ketones is 2. The number of primary amides is 1.